The van der Waals surface area contributed by atoms with Crippen LogP contribution in [0, 0.1) is 0 Å². The molecule has 0 aromatic heterocycles. The molecule has 2 aromatic rings. The van der Waals surface area contributed by atoms with Crippen LogP contribution >= 0.6 is 0 Å². The molecule has 2 rings (SSSR count). The molecule has 0 heterocycles. The largest absolute Gasteiger partial charge is 0.255 e. The first-order chi connectivity index (χ1) is 36.7. The molecule has 0 bridgehead atoms. The molecular formula is C72H128N2Ni. The van der Waals surface area contributed by atoms with Crippen molar-refractivity contribution in [2.24, 2.45) is 9.98 Å². The zero-order chi connectivity index (χ0) is 52.6. The van der Waals surface area contributed by atoms with Gasteiger partial charge in [0.1, 0.15) is 0 Å². The Balaban J connectivity index is 0.0000281. The standard InChI is InChI=1S/C72H128N2.Ni/c1-4-7-10-12-14-16-18-20-22-24-26-28-30-32-34-36-38-40-42-44-46-48-50-52-54-56-68-59-63-70(64-60-68)73-67-72(58-9-6-3)74-71-65-61-69(62-66-71)57-55-53-51-49-47-45-43-41-39-37-35-33-31-29-27-25-23-21-19-17-15-13-11-8-5-2;/h59-67H,4-58H2,1-3H3;/b73-67+,74-72+;. The second-order valence-corrected chi connectivity index (χ2v) is 23.8. The molecule has 0 aliphatic heterocycles. The van der Waals surface area contributed by atoms with Crippen LogP contribution in [0.4, 0.5) is 11.4 Å². The first-order valence-electron chi connectivity index (χ1n) is 34.0. The molecule has 0 fully saturated rings. The van der Waals surface area contributed by atoms with Crippen LogP contribution in [-0.2, 0) is 29.3 Å². The van der Waals surface area contributed by atoms with Gasteiger partial charge in [0.05, 0.1) is 17.1 Å². The molecule has 0 spiro atoms. The molecule has 2 nitrogen and oxygen atoms in total. The van der Waals surface area contributed by atoms with Gasteiger partial charge in [-0.2, -0.15) is 0 Å². The Morgan fingerprint density at radius 2 is 0.480 bits per heavy atom. The molecule has 0 amide bonds. The van der Waals surface area contributed by atoms with Crippen molar-refractivity contribution in [1.82, 2.24) is 0 Å². The van der Waals surface area contributed by atoms with Crippen LogP contribution in [-0.4, -0.2) is 11.9 Å². The van der Waals surface area contributed by atoms with Gasteiger partial charge in [-0.05, 0) is 73.9 Å². The molecule has 0 saturated heterocycles. The minimum Gasteiger partial charge on any atom is -0.255 e. The minimum atomic E-state index is 0. The zero-order valence-electron chi connectivity index (χ0n) is 50.8. The fourth-order valence-corrected chi connectivity index (χ4v) is 11.2. The smallest absolute Gasteiger partial charge is 0.0633 e. The molecule has 0 atom stereocenters. The van der Waals surface area contributed by atoms with E-state index in [2.05, 4.69) is 69.3 Å². The van der Waals surface area contributed by atoms with E-state index in [0.29, 0.717) is 0 Å². The number of aliphatic imine (C=N–C) groups is 2. The van der Waals surface area contributed by atoms with Gasteiger partial charge in [0.2, 0.25) is 0 Å². The number of hydrogen-bond acceptors (Lipinski definition) is 2. The van der Waals surface area contributed by atoms with E-state index in [1.54, 1.807) is 0 Å². The van der Waals surface area contributed by atoms with Gasteiger partial charge in [0.25, 0.3) is 0 Å². The van der Waals surface area contributed by atoms with Crippen molar-refractivity contribution in [3.05, 3.63) is 59.7 Å². The third-order valence-electron chi connectivity index (χ3n) is 16.4. The molecule has 0 unspecified atom stereocenters. The third-order valence-corrected chi connectivity index (χ3v) is 16.4. The van der Waals surface area contributed by atoms with Gasteiger partial charge < -0.3 is 0 Å². The maximum atomic E-state index is 5.06. The number of rotatable bonds is 58. The van der Waals surface area contributed by atoms with Crippen molar-refractivity contribution in [1.29, 1.82) is 0 Å². The normalized spacial score (nSPS) is 11.9. The van der Waals surface area contributed by atoms with Crippen molar-refractivity contribution < 1.29 is 16.5 Å². The van der Waals surface area contributed by atoms with Gasteiger partial charge >= 0.3 is 0 Å². The first-order valence-corrected chi connectivity index (χ1v) is 34.0. The predicted molar refractivity (Wildman–Crippen MR) is 337 cm³/mol. The van der Waals surface area contributed by atoms with E-state index < -0.39 is 0 Å². The monoisotopic (exact) mass is 1080 g/mol. The van der Waals surface area contributed by atoms with E-state index >= 15 is 0 Å². The second-order valence-electron chi connectivity index (χ2n) is 23.8. The summed E-state index contributed by atoms with van der Waals surface area (Å²) in [6, 6.07) is 18.0. The van der Waals surface area contributed by atoms with Crippen LogP contribution in [0.2, 0.25) is 0 Å². The van der Waals surface area contributed by atoms with Crippen LogP contribution in [0.1, 0.15) is 372 Å². The molecule has 436 valence electrons. The number of unbranched alkanes of at least 4 members (excludes halogenated alkanes) is 49. The number of benzene rings is 2. The van der Waals surface area contributed by atoms with Crippen LogP contribution < -0.4 is 0 Å². The Morgan fingerprint density at radius 1 is 0.267 bits per heavy atom. The topological polar surface area (TPSA) is 24.7 Å². The average Bonchev–Trinajstić information content (AvgIpc) is 3.42. The van der Waals surface area contributed by atoms with E-state index in [1.165, 1.54) is 351 Å². The molecule has 0 aliphatic carbocycles. The third kappa shape index (κ3) is 49.1. The van der Waals surface area contributed by atoms with Crippen molar-refractivity contribution in [3.8, 4) is 0 Å². The van der Waals surface area contributed by atoms with E-state index in [1.807, 2.05) is 6.21 Å². The average molecular weight is 1080 g/mol. The van der Waals surface area contributed by atoms with Gasteiger partial charge in [-0.15, -0.1) is 0 Å². The van der Waals surface area contributed by atoms with Crippen LogP contribution in [0.15, 0.2) is 58.5 Å². The van der Waals surface area contributed by atoms with Crippen LogP contribution in [0.5, 0.6) is 0 Å². The van der Waals surface area contributed by atoms with Crippen molar-refractivity contribution in [2.75, 3.05) is 0 Å². The molecule has 0 N–H and O–H groups in total. The summed E-state index contributed by atoms with van der Waals surface area (Å²) in [5, 5.41) is 0. The van der Waals surface area contributed by atoms with Gasteiger partial charge in [-0.25, -0.2) is 0 Å². The van der Waals surface area contributed by atoms with Gasteiger partial charge in [-0.1, -0.05) is 360 Å². The number of hydrogen-bond donors (Lipinski definition) is 0. The van der Waals surface area contributed by atoms with Crippen molar-refractivity contribution in [2.45, 2.75) is 374 Å². The first kappa shape index (κ1) is 71.3. The Kier molecular flexibility index (Phi) is 55.5. The Bertz CT molecular complexity index is 1460. The zero-order valence-corrected chi connectivity index (χ0v) is 51.8. The van der Waals surface area contributed by atoms with Gasteiger partial charge in [-0.3, -0.25) is 9.98 Å². The van der Waals surface area contributed by atoms with Gasteiger partial charge in [0, 0.05) is 22.7 Å². The Hall–Kier alpha value is -1.73. The summed E-state index contributed by atoms with van der Waals surface area (Å²) in [6.07, 6.45) is 80.0. The van der Waals surface area contributed by atoms with Gasteiger partial charge in [0.15, 0.2) is 0 Å². The quantitative estimate of drug-likeness (QED) is 0.0358. The summed E-state index contributed by atoms with van der Waals surface area (Å²) in [7, 11) is 0. The Labute approximate surface area is 480 Å². The van der Waals surface area contributed by atoms with Crippen LogP contribution in [0.25, 0.3) is 0 Å². The Morgan fingerprint density at radius 3 is 0.720 bits per heavy atom. The molecular weight excluding hydrogens is 951 g/mol. The second kappa shape index (κ2) is 58.4. The van der Waals surface area contributed by atoms with E-state index in [-0.39, 0.29) is 16.5 Å². The van der Waals surface area contributed by atoms with Crippen molar-refractivity contribution >= 4 is 23.3 Å². The summed E-state index contributed by atoms with van der Waals surface area (Å²) in [5.41, 5.74) is 6.06. The molecule has 2 aromatic carbocycles. The van der Waals surface area contributed by atoms with Crippen LogP contribution in [0.3, 0.4) is 0 Å². The van der Waals surface area contributed by atoms with E-state index in [9.17, 15) is 0 Å². The fraction of sp³-hybridized carbons (Fsp3) is 0.806. The molecule has 0 radical (unpaired) electrons. The van der Waals surface area contributed by atoms with Crippen molar-refractivity contribution in [3.63, 3.8) is 0 Å². The predicted octanol–water partition coefficient (Wildman–Crippen LogP) is 26.0. The van der Waals surface area contributed by atoms with E-state index in [4.69, 9.17) is 9.98 Å². The molecule has 0 aliphatic rings. The number of nitrogens with zero attached hydrogens (tertiary/aromatic N) is 2. The summed E-state index contributed by atoms with van der Waals surface area (Å²) < 4.78 is 0. The summed E-state index contributed by atoms with van der Waals surface area (Å²) in [5.74, 6) is 0. The molecule has 3 heteroatoms. The molecule has 0 saturated carbocycles. The SMILES string of the molecule is CCCCCCCCCCCCCCCCCCCCCCCCCCCc1ccc(/N=C/C(CCCC)=N/c2ccc(CCCCCCCCCCCCCCCCCCCCCCCCCCC)cc2)cc1.[Ni]. The van der Waals surface area contributed by atoms with E-state index in [0.717, 1.165) is 29.9 Å². The summed E-state index contributed by atoms with van der Waals surface area (Å²) in [6.45, 7) is 6.88. The fourth-order valence-electron chi connectivity index (χ4n) is 11.2. The summed E-state index contributed by atoms with van der Waals surface area (Å²) in [4.78, 5) is 9.93. The minimum absolute atomic E-state index is 0. The molecule has 75 heavy (non-hydrogen) atoms. The summed E-state index contributed by atoms with van der Waals surface area (Å²) >= 11 is 0. The maximum Gasteiger partial charge on any atom is 0.0633 e. The maximum absolute atomic E-state index is 5.06. The number of aryl methyl sites for hydroxylation is 2.